The zero-order chi connectivity index (χ0) is 15.6. The van der Waals surface area contributed by atoms with Crippen molar-refractivity contribution in [2.45, 2.75) is 20.0 Å². The third kappa shape index (κ3) is 3.30. The van der Waals surface area contributed by atoms with Gasteiger partial charge in [0, 0.05) is 17.9 Å². The number of nitrogens with zero attached hydrogens (tertiary/aromatic N) is 2. The summed E-state index contributed by atoms with van der Waals surface area (Å²) in [6, 6.07) is 1.93. The molecule has 21 heavy (non-hydrogen) atoms. The molecule has 1 aromatic rings. The van der Waals surface area contributed by atoms with Crippen molar-refractivity contribution in [3.05, 3.63) is 23.0 Å². The minimum Gasteiger partial charge on any atom is -0.467 e. The fraction of sp³-hybridized carbons (Fsp3) is 0.500. The summed E-state index contributed by atoms with van der Waals surface area (Å²) in [5.41, 5.74) is 9.15. The Hall–Kier alpha value is -1.73. The normalized spacial score (nSPS) is 18.4. The first-order valence-electron chi connectivity index (χ1n) is 6.66. The van der Waals surface area contributed by atoms with Gasteiger partial charge in [0.1, 0.15) is 4.99 Å². The summed E-state index contributed by atoms with van der Waals surface area (Å²) in [7, 11) is 1.35. The summed E-state index contributed by atoms with van der Waals surface area (Å²) in [6.07, 6.45) is -0.600. The quantitative estimate of drug-likeness (QED) is 0.651. The van der Waals surface area contributed by atoms with Crippen molar-refractivity contribution in [2.75, 3.05) is 31.7 Å². The van der Waals surface area contributed by atoms with E-state index in [0.29, 0.717) is 24.7 Å². The average molecular weight is 309 g/mol. The second-order valence-electron chi connectivity index (χ2n) is 4.94. The summed E-state index contributed by atoms with van der Waals surface area (Å²) in [5.74, 6) is -0.376. The van der Waals surface area contributed by atoms with E-state index in [1.807, 2.05) is 24.8 Å². The van der Waals surface area contributed by atoms with Crippen LogP contribution in [0.1, 0.15) is 17.0 Å². The second-order valence-corrected chi connectivity index (χ2v) is 5.38. The van der Waals surface area contributed by atoms with E-state index in [1.54, 1.807) is 0 Å². The number of pyridine rings is 1. The van der Waals surface area contributed by atoms with Crippen molar-refractivity contribution in [1.29, 1.82) is 0 Å². The molecule has 0 radical (unpaired) electrons. The molecule has 2 N–H and O–H groups in total. The maximum Gasteiger partial charge on any atom is 0.336 e. The van der Waals surface area contributed by atoms with Crippen molar-refractivity contribution in [2.24, 2.45) is 5.73 Å². The van der Waals surface area contributed by atoms with Crippen LogP contribution < -0.4 is 10.6 Å². The number of esters is 1. The lowest BCUT2D eigenvalue weighted by Crippen LogP contribution is -2.47. The molecule has 114 valence electrons. The summed E-state index contributed by atoms with van der Waals surface area (Å²) in [4.78, 5) is 18.4. The van der Waals surface area contributed by atoms with Crippen LogP contribution in [0.25, 0.3) is 0 Å². The molecule has 1 atom stereocenters. The molecule has 0 amide bonds. The Morgan fingerprint density at radius 2 is 2.29 bits per heavy atom. The van der Waals surface area contributed by atoms with Gasteiger partial charge in [0.15, 0.2) is 6.10 Å². The van der Waals surface area contributed by atoms with Crippen LogP contribution in [0.4, 0.5) is 5.69 Å². The predicted molar refractivity (Wildman–Crippen MR) is 83.6 cm³/mol. The van der Waals surface area contributed by atoms with Crippen LogP contribution in [0.15, 0.2) is 6.07 Å². The minimum absolute atomic E-state index is 0.302. The molecule has 1 aromatic heterocycles. The molecule has 0 aliphatic carbocycles. The van der Waals surface area contributed by atoms with E-state index in [0.717, 1.165) is 22.6 Å². The average Bonchev–Trinajstić information content (AvgIpc) is 2.45. The van der Waals surface area contributed by atoms with Crippen LogP contribution >= 0.6 is 12.2 Å². The summed E-state index contributed by atoms with van der Waals surface area (Å²) in [5, 5.41) is 0. The number of carbonyl (C=O) groups is 1. The fourth-order valence-corrected chi connectivity index (χ4v) is 2.76. The monoisotopic (exact) mass is 309 g/mol. The number of thiocarbonyl (C=S) groups is 1. The number of carbonyl (C=O) groups excluding carboxylic acids is 1. The Morgan fingerprint density at radius 1 is 1.57 bits per heavy atom. The first-order valence-corrected chi connectivity index (χ1v) is 7.07. The minimum atomic E-state index is -0.600. The highest BCUT2D eigenvalue weighted by Gasteiger charge is 2.29. The number of nitrogens with two attached hydrogens (primary N) is 1. The third-order valence-electron chi connectivity index (χ3n) is 3.43. The lowest BCUT2D eigenvalue weighted by atomic mass is 10.1. The maximum absolute atomic E-state index is 11.7. The number of methoxy groups -OCH3 is 1. The Morgan fingerprint density at radius 3 is 2.90 bits per heavy atom. The van der Waals surface area contributed by atoms with E-state index in [2.05, 4.69) is 4.98 Å². The number of aromatic nitrogens is 1. The first kappa shape index (κ1) is 15.7. The van der Waals surface area contributed by atoms with Crippen LogP contribution in [0.2, 0.25) is 0 Å². The van der Waals surface area contributed by atoms with Gasteiger partial charge in [0.2, 0.25) is 0 Å². The number of rotatable bonds is 3. The molecule has 0 saturated carbocycles. The van der Waals surface area contributed by atoms with Gasteiger partial charge in [0.25, 0.3) is 0 Å². The molecule has 0 aromatic carbocycles. The molecule has 1 unspecified atom stereocenters. The molecule has 0 spiro atoms. The number of ether oxygens (including phenoxy) is 2. The van der Waals surface area contributed by atoms with E-state index >= 15 is 0 Å². The van der Waals surface area contributed by atoms with Crippen molar-refractivity contribution >= 4 is 28.9 Å². The number of aryl methyl sites for hydroxylation is 2. The van der Waals surface area contributed by atoms with Crippen molar-refractivity contribution in [1.82, 2.24) is 4.98 Å². The second kappa shape index (κ2) is 6.36. The summed E-state index contributed by atoms with van der Waals surface area (Å²) >= 11 is 5.14. The van der Waals surface area contributed by atoms with Crippen LogP contribution in [-0.2, 0) is 14.3 Å². The Kier molecular flexibility index (Phi) is 4.74. The first-order chi connectivity index (χ1) is 9.93. The van der Waals surface area contributed by atoms with Gasteiger partial charge < -0.3 is 20.1 Å². The van der Waals surface area contributed by atoms with Gasteiger partial charge in [-0.2, -0.15) is 0 Å². The van der Waals surface area contributed by atoms with Gasteiger partial charge in [-0.25, -0.2) is 4.79 Å². The largest absolute Gasteiger partial charge is 0.467 e. The molecule has 1 saturated heterocycles. The molecule has 2 heterocycles. The Bertz CT molecular complexity index is 577. The van der Waals surface area contributed by atoms with Gasteiger partial charge in [-0.15, -0.1) is 0 Å². The summed E-state index contributed by atoms with van der Waals surface area (Å²) < 4.78 is 10.2. The lowest BCUT2D eigenvalue weighted by molar-refractivity contribution is -0.154. The van der Waals surface area contributed by atoms with Gasteiger partial charge in [-0.05, 0) is 19.9 Å². The highest BCUT2D eigenvalue weighted by atomic mass is 32.1. The van der Waals surface area contributed by atoms with E-state index in [9.17, 15) is 4.79 Å². The van der Waals surface area contributed by atoms with Crippen LogP contribution in [0.3, 0.4) is 0 Å². The Labute approximate surface area is 129 Å². The van der Waals surface area contributed by atoms with Gasteiger partial charge in [0.05, 0.1) is 31.5 Å². The highest BCUT2D eigenvalue weighted by Crippen LogP contribution is 2.26. The lowest BCUT2D eigenvalue weighted by Gasteiger charge is -2.34. The van der Waals surface area contributed by atoms with E-state index in [4.69, 9.17) is 27.4 Å². The van der Waals surface area contributed by atoms with Crippen LogP contribution in [0.5, 0.6) is 0 Å². The molecular formula is C14H19N3O3S. The SMILES string of the molecule is COC(=O)C1CN(c2cc(C)nc(C)c2C(N)=S)CCO1. The standard InChI is InChI=1S/C14H19N3O3S/c1-8-6-10(12(13(15)21)9(2)16-8)17-4-5-20-11(7-17)14(18)19-3/h6,11H,4-5,7H2,1-3H3,(H2,15,21). The fourth-order valence-electron chi connectivity index (χ4n) is 2.50. The number of morpholine rings is 1. The molecule has 1 fully saturated rings. The zero-order valence-electron chi connectivity index (χ0n) is 12.4. The van der Waals surface area contributed by atoms with E-state index in [-0.39, 0.29) is 5.97 Å². The zero-order valence-corrected chi connectivity index (χ0v) is 13.2. The van der Waals surface area contributed by atoms with Crippen molar-refractivity contribution in [3.63, 3.8) is 0 Å². The van der Waals surface area contributed by atoms with Crippen LogP contribution in [-0.4, -0.2) is 48.9 Å². The van der Waals surface area contributed by atoms with E-state index < -0.39 is 6.10 Å². The van der Waals surface area contributed by atoms with Crippen LogP contribution in [0, 0.1) is 13.8 Å². The molecule has 6 nitrogen and oxygen atoms in total. The van der Waals surface area contributed by atoms with Gasteiger partial charge in [-0.3, -0.25) is 4.98 Å². The number of anilines is 1. The molecule has 2 rings (SSSR count). The van der Waals surface area contributed by atoms with Crippen molar-refractivity contribution < 1.29 is 14.3 Å². The van der Waals surface area contributed by atoms with Crippen molar-refractivity contribution in [3.8, 4) is 0 Å². The summed E-state index contributed by atoms with van der Waals surface area (Å²) in [6.45, 7) is 5.30. The van der Waals surface area contributed by atoms with Gasteiger partial charge in [-0.1, -0.05) is 12.2 Å². The molecule has 0 bridgehead atoms. The smallest absolute Gasteiger partial charge is 0.336 e. The predicted octanol–water partition coefficient (Wildman–Crippen LogP) is 0.711. The van der Waals surface area contributed by atoms with Gasteiger partial charge >= 0.3 is 5.97 Å². The topological polar surface area (TPSA) is 77.7 Å². The Balaban J connectivity index is 2.37. The number of hydrogen-bond acceptors (Lipinski definition) is 6. The molecule has 7 heteroatoms. The molecule has 1 aliphatic heterocycles. The molecular weight excluding hydrogens is 290 g/mol. The number of hydrogen-bond donors (Lipinski definition) is 1. The third-order valence-corrected chi connectivity index (χ3v) is 3.63. The molecule has 1 aliphatic rings. The van der Waals surface area contributed by atoms with E-state index in [1.165, 1.54) is 7.11 Å². The highest BCUT2D eigenvalue weighted by molar-refractivity contribution is 7.80. The maximum atomic E-state index is 11.7.